The number of aromatic nitrogens is 2. The van der Waals surface area contributed by atoms with E-state index in [0.29, 0.717) is 24.6 Å². The normalized spacial score (nSPS) is 20.6. The van der Waals surface area contributed by atoms with E-state index in [2.05, 4.69) is 22.5 Å². The first-order valence-corrected chi connectivity index (χ1v) is 8.26. The fourth-order valence-electron chi connectivity index (χ4n) is 3.34. The Morgan fingerprint density at radius 1 is 1.35 bits per heavy atom. The Hall–Kier alpha value is -2.14. The average molecular weight is 312 g/mol. The third-order valence-corrected chi connectivity index (χ3v) is 4.80. The maximum Gasteiger partial charge on any atom is 0.254 e. The van der Waals surface area contributed by atoms with Crippen LogP contribution in [0.1, 0.15) is 40.9 Å². The third-order valence-electron chi connectivity index (χ3n) is 4.80. The summed E-state index contributed by atoms with van der Waals surface area (Å²) in [4.78, 5) is 12.5. The number of amides is 1. The maximum atomic E-state index is 12.5. The van der Waals surface area contributed by atoms with Crippen LogP contribution in [-0.2, 0) is 6.54 Å². The molecular weight excluding hydrogens is 288 g/mol. The summed E-state index contributed by atoms with van der Waals surface area (Å²) in [5.74, 6) is 0.366. The number of nitrogens with one attached hydrogen (secondary N) is 1. The van der Waals surface area contributed by atoms with E-state index in [1.807, 2.05) is 29.8 Å². The number of hydrogen-bond donors (Lipinski definition) is 2. The van der Waals surface area contributed by atoms with Crippen LogP contribution >= 0.6 is 0 Å². The second-order valence-electron chi connectivity index (χ2n) is 6.29. The second-order valence-corrected chi connectivity index (χ2v) is 6.29. The molecular formula is C18H24N4O. The van der Waals surface area contributed by atoms with Crippen molar-refractivity contribution in [2.75, 3.05) is 6.54 Å². The monoisotopic (exact) mass is 312 g/mol. The molecule has 0 radical (unpaired) electrons. The maximum absolute atomic E-state index is 12.5. The lowest BCUT2D eigenvalue weighted by Gasteiger charge is -2.19. The average Bonchev–Trinajstić information content (AvgIpc) is 3.15. The van der Waals surface area contributed by atoms with E-state index in [0.717, 1.165) is 25.0 Å². The van der Waals surface area contributed by atoms with Crippen LogP contribution in [0.25, 0.3) is 0 Å². The van der Waals surface area contributed by atoms with E-state index in [1.165, 1.54) is 5.56 Å². The molecule has 3 N–H and O–H groups in total. The van der Waals surface area contributed by atoms with Gasteiger partial charge in [-0.3, -0.25) is 9.48 Å². The zero-order chi connectivity index (χ0) is 16.2. The zero-order valence-electron chi connectivity index (χ0n) is 13.5. The molecule has 3 rings (SSSR count). The minimum Gasteiger partial charge on any atom is -0.349 e. The van der Waals surface area contributed by atoms with Gasteiger partial charge in [0, 0.05) is 11.7 Å². The van der Waals surface area contributed by atoms with Gasteiger partial charge in [-0.05, 0) is 37.8 Å². The van der Waals surface area contributed by atoms with Crippen LogP contribution in [-0.4, -0.2) is 28.3 Å². The van der Waals surface area contributed by atoms with E-state index in [4.69, 9.17) is 5.73 Å². The first-order valence-electron chi connectivity index (χ1n) is 8.26. The van der Waals surface area contributed by atoms with Crippen LogP contribution < -0.4 is 11.1 Å². The van der Waals surface area contributed by atoms with Gasteiger partial charge in [0.05, 0.1) is 18.3 Å². The van der Waals surface area contributed by atoms with Crippen molar-refractivity contribution in [1.29, 1.82) is 0 Å². The Labute approximate surface area is 136 Å². The predicted octanol–water partition coefficient (Wildman–Crippen LogP) is 2.10. The molecule has 0 spiro atoms. The quantitative estimate of drug-likeness (QED) is 0.888. The molecule has 1 heterocycles. The van der Waals surface area contributed by atoms with Gasteiger partial charge in [0.25, 0.3) is 5.91 Å². The van der Waals surface area contributed by atoms with Crippen molar-refractivity contribution < 1.29 is 4.79 Å². The molecule has 122 valence electrons. The number of carbonyl (C=O) groups excluding carboxylic acids is 1. The highest BCUT2D eigenvalue weighted by atomic mass is 16.1. The van der Waals surface area contributed by atoms with Gasteiger partial charge in [-0.1, -0.05) is 36.8 Å². The lowest BCUT2D eigenvalue weighted by Crippen LogP contribution is -2.40. The Bertz CT molecular complexity index is 665. The summed E-state index contributed by atoms with van der Waals surface area (Å²) < 4.78 is 1.87. The smallest absolute Gasteiger partial charge is 0.254 e. The number of rotatable bonds is 5. The first-order chi connectivity index (χ1) is 11.2. The molecule has 1 fully saturated rings. The van der Waals surface area contributed by atoms with E-state index < -0.39 is 0 Å². The summed E-state index contributed by atoms with van der Waals surface area (Å²) in [7, 11) is 0. The minimum absolute atomic E-state index is 0.0350. The van der Waals surface area contributed by atoms with Crippen LogP contribution in [0.3, 0.4) is 0 Å². The van der Waals surface area contributed by atoms with Crippen molar-refractivity contribution in [2.45, 2.75) is 38.8 Å². The first kappa shape index (κ1) is 15.7. The topological polar surface area (TPSA) is 72.9 Å². The minimum atomic E-state index is -0.0350. The van der Waals surface area contributed by atoms with Gasteiger partial charge in [-0.15, -0.1) is 0 Å². The lowest BCUT2D eigenvalue weighted by atomic mass is 10.0. The van der Waals surface area contributed by atoms with Gasteiger partial charge in [-0.25, -0.2) is 0 Å². The van der Waals surface area contributed by atoms with Gasteiger partial charge in [0.15, 0.2) is 0 Å². The van der Waals surface area contributed by atoms with Crippen molar-refractivity contribution in [3.8, 4) is 0 Å². The Morgan fingerprint density at radius 3 is 2.87 bits per heavy atom. The summed E-state index contributed by atoms with van der Waals surface area (Å²) in [6, 6.07) is 10.3. The van der Waals surface area contributed by atoms with Crippen molar-refractivity contribution in [3.05, 3.63) is 53.3 Å². The molecule has 1 aliphatic rings. The molecule has 2 atom stereocenters. The molecule has 2 unspecified atom stereocenters. The number of benzene rings is 1. The molecule has 2 aromatic rings. The van der Waals surface area contributed by atoms with Gasteiger partial charge in [0.2, 0.25) is 0 Å². The molecule has 1 aromatic heterocycles. The molecule has 1 amide bonds. The van der Waals surface area contributed by atoms with Crippen LogP contribution in [0.15, 0.2) is 36.5 Å². The highest BCUT2D eigenvalue weighted by Gasteiger charge is 2.28. The number of nitrogens with two attached hydrogens (primary N) is 1. The van der Waals surface area contributed by atoms with Crippen LogP contribution in [0.2, 0.25) is 0 Å². The second kappa shape index (κ2) is 6.96. The molecule has 5 heteroatoms. The molecule has 23 heavy (non-hydrogen) atoms. The molecule has 0 aliphatic heterocycles. The molecule has 1 aromatic carbocycles. The summed E-state index contributed by atoms with van der Waals surface area (Å²) >= 11 is 0. The highest BCUT2D eigenvalue weighted by molar-refractivity contribution is 5.95. The Kier molecular flexibility index (Phi) is 4.76. The summed E-state index contributed by atoms with van der Waals surface area (Å²) in [6.45, 7) is 3.26. The van der Waals surface area contributed by atoms with Gasteiger partial charge >= 0.3 is 0 Å². The molecule has 1 saturated carbocycles. The van der Waals surface area contributed by atoms with Crippen molar-refractivity contribution in [1.82, 2.24) is 15.1 Å². The zero-order valence-corrected chi connectivity index (χ0v) is 13.5. The SMILES string of the molecule is Cc1c(C(=O)NC2CCCC2CN)cnn1Cc1ccccc1. The van der Waals surface area contributed by atoms with Gasteiger partial charge in [-0.2, -0.15) is 5.10 Å². The fraction of sp³-hybridized carbons (Fsp3) is 0.444. The standard InChI is InChI=1S/C18H24N4O/c1-13-16(18(23)21-17-9-5-8-15(17)10-19)11-20-22(13)12-14-6-3-2-4-7-14/h2-4,6-7,11,15,17H,5,8-10,12,19H2,1H3,(H,21,23). The molecule has 1 aliphatic carbocycles. The number of carbonyl (C=O) groups is 1. The van der Waals surface area contributed by atoms with Crippen LogP contribution in [0, 0.1) is 12.8 Å². The molecule has 5 nitrogen and oxygen atoms in total. The van der Waals surface area contributed by atoms with Gasteiger partial charge < -0.3 is 11.1 Å². The van der Waals surface area contributed by atoms with Crippen molar-refractivity contribution in [2.24, 2.45) is 11.7 Å². The molecule has 0 saturated heterocycles. The van der Waals surface area contributed by atoms with Crippen molar-refractivity contribution >= 4 is 5.91 Å². The summed E-state index contributed by atoms with van der Waals surface area (Å²) in [6.07, 6.45) is 4.93. The number of nitrogens with zero attached hydrogens (tertiary/aromatic N) is 2. The lowest BCUT2D eigenvalue weighted by molar-refractivity contribution is 0.0928. The van der Waals surface area contributed by atoms with E-state index >= 15 is 0 Å². The third kappa shape index (κ3) is 3.45. The van der Waals surface area contributed by atoms with E-state index in [-0.39, 0.29) is 11.9 Å². The van der Waals surface area contributed by atoms with Crippen LogP contribution in [0.4, 0.5) is 0 Å². The number of hydrogen-bond acceptors (Lipinski definition) is 3. The Balaban J connectivity index is 1.70. The van der Waals surface area contributed by atoms with E-state index in [9.17, 15) is 4.79 Å². The largest absolute Gasteiger partial charge is 0.349 e. The predicted molar refractivity (Wildman–Crippen MR) is 90.2 cm³/mol. The van der Waals surface area contributed by atoms with Crippen molar-refractivity contribution in [3.63, 3.8) is 0 Å². The highest BCUT2D eigenvalue weighted by Crippen LogP contribution is 2.25. The van der Waals surface area contributed by atoms with Gasteiger partial charge in [0.1, 0.15) is 0 Å². The van der Waals surface area contributed by atoms with Crippen LogP contribution in [0.5, 0.6) is 0 Å². The Morgan fingerprint density at radius 2 is 2.13 bits per heavy atom. The summed E-state index contributed by atoms with van der Waals surface area (Å²) in [5.41, 5.74) is 8.51. The van der Waals surface area contributed by atoms with E-state index in [1.54, 1.807) is 6.20 Å². The molecule has 0 bridgehead atoms. The fourth-order valence-corrected chi connectivity index (χ4v) is 3.34. The summed E-state index contributed by atoms with van der Waals surface area (Å²) in [5, 5.41) is 7.52.